The van der Waals surface area contributed by atoms with E-state index in [-0.39, 0.29) is 0 Å². The zero-order valence-corrected chi connectivity index (χ0v) is 10.4. The van der Waals surface area contributed by atoms with Crippen LogP contribution in [-0.2, 0) is 13.1 Å². The molecule has 0 aromatic heterocycles. The fourth-order valence-electron chi connectivity index (χ4n) is 2.34. The Hall–Kier alpha value is -0.860. The van der Waals surface area contributed by atoms with E-state index in [0.29, 0.717) is 0 Å². The Kier molecular flexibility index (Phi) is 3.97. The lowest BCUT2D eigenvalue weighted by Crippen LogP contribution is -2.36. The molecule has 0 amide bonds. The third-order valence-corrected chi connectivity index (χ3v) is 3.06. The van der Waals surface area contributed by atoms with Gasteiger partial charge in [0.25, 0.3) is 0 Å². The molecular weight excluding hydrogens is 196 g/mol. The van der Waals surface area contributed by atoms with Crippen molar-refractivity contribution in [3.63, 3.8) is 0 Å². The number of hydrogen-bond donors (Lipinski definition) is 1. The lowest BCUT2D eigenvalue weighted by atomic mass is 10.1. The summed E-state index contributed by atoms with van der Waals surface area (Å²) < 4.78 is 0. The Morgan fingerprint density at radius 1 is 1.25 bits per heavy atom. The first kappa shape index (κ1) is 11.6. The molecule has 1 aliphatic rings. The van der Waals surface area contributed by atoms with Crippen LogP contribution >= 0.6 is 0 Å². The quantitative estimate of drug-likeness (QED) is 0.819. The van der Waals surface area contributed by atoms with Gasteiger partial charge in [0, 0.05) is 32.7 Å². The number of hydrogen-bond acceptors (Lipinski definition) is 2. The second-order valence-electron chi connectivity index (χ2n) is 5.07. The van der Waals surface area contributed by atoms with Crippen LogP contribution in [0.2, 0.25) is 0 Å². The fraction of sp³-hybridized carbons (Fsp3) is 0.571. The van der Waals surface area contributed by atoms with Gasteiger partial charge in [-0.2, -0.15) is 0 Å². The molecule has 0 unspecified atom stereocenters. The molecule has 2 nitrogen and oxygen atoms in total. The van der Waals surface area contributed by atoms with Crippen molar-refractivity contribution < 1.29 is 0 Å². The van der Waals surface area contributed by atoms with Gasteiger partial charge in [-0.15, -0.1) is 0 Å². The van der Waals surface area contributed by atoms with Gasteiger partial charge >= 0.3 is 0 Å². The highest BCUT2D eigenvalue weighted by Gasteiger charge is 2.12. The Bertz CT molecular complexity index is 333. The van der Waals surface area contributed by atoms with Crippen molar-refractivity contribution in [3.8, 4) is 0 Å². The lowest BCUT2D eigenvalue weighted by molar-refractivity contribution is 0.231. The SMILES string of the molecule is CC(C)CN1CCNCc2ccccc2C1. The largest absolute Gasteiger partial charge is 0.311 e. The molecule has 2 rings (SSSR count). The minimum absolute atomic E-state index is 0.742. The Morgan fingerprint density at radius 3 is 2.75 bits per heavy atom. The van der Waals surface area contributed by atoms with E-state index in [0.717, 1.165) is 32.1 Å². The molecular formula is C14H22N2. The average molecular weight is 218 g/mol. The van der Waals surface area contributed by atoms with Gasteiger partial charge in [0.2, 0.25) is 0 Å². The summed E-state index contributed by atoms with van der Waals surface area (Å²) >= 11 is 0. The van der Waals surface area contributed by atoms with Crippen molar-refractivity contribution in [1.29, 1.82) is 0 Å². The van der Waals surface area contributed by atoms with Gasteiger partial charge in [-0.25, -0.2) is 0 Å². The zero-order valence-electron chi connectivity index (χ0n) is 10.4. The first-order valence-electron chi connectivity index (χ1n) is 6.25. The molecule has 0 bridgehead atoms. The van der Waals surface area contributed by atoms with Crippen molar-refractivity contribution in [2.75, 3.05) is 19.6 Å². The minimum Gasteiger partial charge on any atom is -0.311 e. The molecule has 1 aromatic carbocycles. The molecule has 1 aromatic rings. The molecule has 0 saturated heterocycles. The summed E-state index contributed by atoms with van der Waals surface area (Å²) in [6.07, 6.45) is 0. The van der Waals surface area contributed by atoms with E-state index in [1.807, 2.05) is 0 Å². The molecule has 1 N–H and O–H groups in total. The second kappa shape index (κ2) is 5.46. The van der Waals surface area contributed by atoms with E-state index in [9.17, 15) is 0 Å². The van der Waals surface area contributed by atoms with E-state index in [4.69, 9.17) is 0 Å². The number of benzene rings is 1. The van der Waals surface area contributed by atoms with Crippen LogP contribution in [0.25, 0.3) is 0 Å². The molecule has 88 valence electrons. The van der Waals surface area contributed by atoms with Crippen LogP contribution in [0, 0.1) is 5.92 Å². The first-order chi connectivity index (χ1) is 7.75. The molecule has 2 heteroatoms. The molecule has 0 radical (unpaired) electrons. The van der Waals surface area contributed by atoms with Crippen molar-refractivity contribution in [2.24, 2.45) is 5.92 Å². The van der Waals surface area contributed by atoms with Crippen LogP contribution in [0.4, 0.5) is 0 Å². The van der Waals surface area contributed by atoms with Gasteiger partial charge in [-0.05, 0) is 17.0 Å². The molecule has 0 aliphatic carbocycles. The summed E-state index contributed by atoms with van der Waals surface area (Å²) in [6.45, 7) is 10.2. The summed E-state index contributed by atoms with van der Waals surface area (Å²) in [6, 6.07) is 8.78. The molecule has 1 aliphatic heterocycles. The number of rotatable bonds is 2. The van der Waals surface area contributed by atoms with E-state index >= 15 is 0 Å². The molecule has 0 atom stereocenters. The third-order valence-electron chi connectivity index (χ3n) is 3.06. The summed E-state index contributed by atoms with van der Waals surface area (Å²) in [5.41, 5.74) is 2.94. The predicted octanol–water partition coefficient (Wildman–Crippen LogP) is 2.25. The van der Waals surface area contributed by atoms with E-state index in [1.165, 1.54) is 17.7 Å². The predicted molar refractivity (Wildman–Crippen MR) is 68.3 cm³/mol. The number of nitrogens with one attached hydrogen (secondary N) is 1. The summed E-state index contributed by atoms with van der Waals surface area (Å²) in [7, 11) is 0. The van der Waals surface area contributed by atoms with Crippen LogP contribution in [0.5, 0.6) is 0 Å². The number of fused-ring (bicyclic) bond motifs is 1. The van der Waals surface area contributed by atoms with Gasteiger partial charge < -0.3 is 5.32 Å². The first-order valence-corrected chi connectivity index (χ1v) is 6.25. The van der Waals surface area contributed by atoms with Crippen molar-refractivity contribution in [2.45, 2.75) is 26.9 Å². The minimum atomic E-state index is 0.742. The van der Waals surface area contributed by atoms with Crippen LogP contribution in [0.15, 0.2) is 24.3 Å². The lowest BCUT2D eigenvalue weighted by Gasteiger charge is -2.28. The van der Waals surface area contributed by atoms with Gasteiger partial charge in [-0.1, -0.05) is 38.1 Å². The maximum absolute atomic E-state index is 3.50. The Balaban J connectivity index is 2.11. The maximum Gasteiger partial charge on any atom is 0.0237 e. The van der Waals surface area contributed by atoms with Crippen LogP contribution in [0.3, 0.4) is 0 Å². The smallest absolute Gasteiger partial charge is 0.0237 e. The Labute approximate surface area is 98.7 Å². The standard InChI is InChI=1S/C14H22N2/c1-12(2)10-16-8-7-15-9-13-5-3-4-6-14(13)11-16/h3-6,12,15H,7-11H2,1-2H3. The van der Waals surface area contributed by atoms with Gasteiger partial charge in [0.15, 0.2) is 0 Å². The topological polar surface area (TPSA) is 15.3 Å². The van der Waals surface area contributed by atoms with E-state index < -0.39 is 0 Å². The van der Waals surface area contributed by atoms with Crippen molar-refractivity contribution >= 4 is 0 Å². The van der Waals surface area contributed by atoms with Gasteiger partial charge in [0.1, 0.15) is 0 Å². The zero-order chi connectivity index (χ0) is 11.4. The van der Waals surface area contributed by atoms with Crippen LogP contribution in [0.1, 0.15) is 25.0 Å². The van der Waals surface area contributed by atoms with Crippen LogP contribution < -0.4 is 5.32 Å². The fourth-order valence-corrected chi connectivity index (χ4v) is 2.34. The highest BCUT2D eigenvalue weighted by molar-refractivity contribution is 5.27. The molecule has 0 saturated carbocycles. The van der Waals surface area contributed by atoms with Gasteiger partial charge in [-0.3, -0.25) is 4.90 Å². The highest BCUT2D eigenvalue weighted by Crippen LogP contribution is 2.14. The monoisotopic (exact) mass is 218 g/mol. The molecule has 1 heterocycles. The highest BCUT2D eigenvalue weighted by atomic mass is 15.1. The Morgan fingerprint density at radius 2 is 2.00 bits per heavy atom. The second-order valence-corrected chi connectivity index (χ2v) is 5.07. The number of nitrogens with zero attached hydrogens (tertiary/aromatic N) is 1. The average Bonchev–Trinajstić information content (AvgIpc) is 2.21. The van der Waals surface area contributed by atoms with Crippen LogP contribution in [-0.4, -0.2) is 24.5 Å². The summed E-state index contributed by atoms with van der Waals surface area (Å²) in [5.74, 6) is 0.742. The van der Waals surface area contributed by atoms with E-state index in [2.05, 4.69) is 48.3 Å². The molecule has 0 spiro atoms. The molecule has 0 fully saturated rings. The summed E-state index contributed by atoms with van der Waals surface area (Å²) in [4.78, 5) is 2.55. The van der Waals surface area contributed by atoms with Crippen molar-refractivity contribution in [1.82, 2.24) is 10.2 Å². The van der Waals surface area contributed by atoms with Crippen molar-refractivity contribution in [3.05, 3.63) is 35.4 Å². The summed E-state index contributed by atoms with van der Waals surface area (Å²) in [5, 5.41) is 3.50. The maximum atomic E-state index is 3.50. The van der Waals surface area contributed by atoms with Gasteiger partial charge in [0.05, 0.1) is 0 Å². The normalized spacial score (nSPS) is 17.9. The molecule has 16 heavy (non-hydrogen) atoms. The van der Waals surface area contributed by atoms with E-state index in [1.54, 1.807) is 0 Å². The third kappa shape index (κ3) is 3.06.